The second kappa shape index (κ2) is 12.9. The minimum Gasteiger partial charge on any atom is -0.496 e. The largest absolute Gasteiger partial charge is 0.496 e. The van der Waals surface area contributed by atoms with E-state index in [1.165, 1.54) is 11.3 Å². The Hall–Kier alpha value is -4.47. The maximum atomic E-state index is 14.4. The van der Waals surface area contributed by atoms with Gasteiger partial charge < -0.3 is 14.2 Å². The molecule has 45 heavy (non-hydrogen) atoms. The molecule has 0 fully saturated rings. The number of thiazole rings is 1. The molecule has 1 atom stereocenters. The van der Waals surface area contributed by atoms with E-state index in [9.17, 15) is 9.59 Å². The van der Waals surface area contributed by atoms with E-state index in [1.54, 1.807) is 32.4 Å². The number of fused-ring (bicyclic) bond motifs is 2. The number of allylic oxidation sites excluding steroid dienone is 1. The Kier molecular flexibility index (Phi) is 8.74. The molecule has 0 spiro atoms. The van der Waals surface area contributed by atoms with Crippen molar-refractivity contribution >= 4 is 50.1 Å². The van der Waals surface area contributed by atoms with Crippen molar-refractivity contribution in [1.29, 1.82) is 0 Å². The van der Waals surface area contributed by atoms with Gasteiger partial charge in [0.2, 0.25) is 0 Å². The van der Waals surface area contributed by atoms with Crippen molar-refractivity contribution < 1.29 is 19.0 Å². The second-order valence-electron chi connectivity index (χ2n) is 10.9. The fourth-order valence-electron chi connectivity index (χ4n) is 5.49. The van der Waals surface area contributed by atoms with Gasteiger partial charge in [-0.15, -0.1) is 0 Å². The highest BCUT2D eigenvalue weighted by molar-refractivity contribution is 9.10. The first-order valence-corrected chi connectivity index (χ1v) is 16.1. The summed E-state index contributed by atoms with van der Waals surface area (Å²) in [5.41, 5.74) is 2.96. The highest BCUT2D eigenvalue weighted by atomic mass is 79.9. The lowest BCUT2D eigenvalue weighted by molar-refractivity contribution is -0.143. The van der Waals surface area contributed by atoms with Crippen molar-refractivity contribution in [3.8, 4) is 11.5 Å². The van der Waals surface area contributed by atoms with Gasteiger partial charge in [0.25, 0.3) is 5.56 Å². The summed E-state index contributed by atoms with van der Waals surface area (Å²) < 4.78 is 20.5. The number of hydrogen-bond donors (Lipinski definition) is 0. The molecule has 1 aromatic heterocycles. The lowest BCUT2D eigenvalue weighted by atomic mass is 9.95. The maximum absolute atomic E-state index is 14.4. The van der Waals surface area contributed by atoms with Gasteiger partial charge in [0.1, 0.15) is 24.1 Å². The first kappa shape index (κ1) is 30.6. The topological polar surface area (TPSA) is 79.1 Å². The van der Waals surface area contributed by atoms with E-state index < -0.39 is 12.0 Å². The molecular weight excluding hydrogens is 652 g/mol. The van der Waals surface area contributed by atoms with Crippen LogP contribution in [0.5, 0.6) is 11.5 Å². The summed E-state index contributed by atoms with van der Waals surface area (Å²) in [6, 6.07) is 26.6. The van der Waals surface area contributed by atoms with Crippen molar-refractivity contribution in [3.63, 3.8) is 0 Å². The molecule has 9 heteroatoms. The molecule has 5 aromatic rings. The van der Waals surface area contributed by atoms with Crippen molar-refractivity contribution in [2.45, 2.75) is 39.5 Å². The number of methoxy groups -OCH3 is 1. The summed E-state index contributed by atoms with van der Waals surface area (Å²) in [6.07, 6.45) is 1.51. The van der Waals surface area contributed by atoms with Crippen LogP contribution in [-0.2, 0) is 16.1 Å². The van der Waals surface area contributed by atoms with Crippen LogP contribution < -0.4 is 24.4 Å². The first-order chi connectivity index (χ1) is 21.7. The maximum Gasteiger partial charge on any atom is 0.338 e. The molecule has 0 bridgehead atoms. The van der Waals surface area contributed by atoms with E-state index in [0.717, 1.165) is 26.4 Å². The average molecular weight is 684 g/mol. The Morgan fingerprint density at radius 3 is 2.51 bits per heavy atom. The first-order valence-electron chi connectivity index (χ1n) is 14.5. The van der Waals surface area contributed by atoms with Gasteiger partial charge >= 0.3 is 5.97 Å². The molecular formula is C36H31BrN2O5S. The third kappa shape index (κ3) is 6.10. The van der Waals surface area contributed by atoms with Crippen molar-refractivity contribution in [2.24, 2.45) is 4.99 Å². The van der Waals surface area contributed by atoms with Crippen LogP contribution in [0.3, 0.4) is 0 Å². The minimum atomic E-state index is -0.816. The molecule has 0 saturated carbocycles. The van der Waals surface area contributed by atoms with Gasteiger partial charge in [-0.2, -0.15) is 0 Å². The highest BCUT2D eigenvalue weighted by Gasteiger charge is 2.35. The Morgan fingerprint density at radius 2 is 1.76 bits per heavy atom. The SMILES string of the molecule is COc1ccc(Br)cc1[C@@H]1C(C(=O)OC(C)C)=C(C)N=c2s/c(=C\c3c(OCc4ccccc4)ccc4ccccc34)c(=O)n21. The summed E-state index contributed by atoms with van der Waals surface area (Å²) >= 11 is 4.83. The van der Waals surface area contributed by atoms with Crippen LogP contribution in [-0.4, -0.2) is 23.8 Å². The van der Waals surface area contributed by atoms with Crippen LogP contribution >= 0.6 is 27.3 Å². The van der Waals surface area contributed by atoms with E-state index in [0.29, 0.717) is 38.7 Å². The number of benzene rings is 4. The van der Waals surface area contributed by atoms with Gasteiger partial charge in [-0.25, -0.2) is 9.79 Å². The van der Waals surface area contributed by atoms with Crippen LogP contribution in [0.15, 0.2) is 110 Å². The lowest BCUT2D eigenvalue weighted by Gasteiger charge is -2.26. The van der Waals surface area contributed by atoms with Crippen molar-refractivity contribution in [2.75, 3.05) is 7.11 Å². The Bertz CT molecular complexity index is 2130. The number of halogens is 1. The number of nitrogens with zero attached hydrogens (tertiary/aromatic N) is 2. The quantitative estimate of drug-likeness (QED) is 0.171. The number of ether oxygens (including phenoxy) is 3. The third-order valence-electron chi connectivity index (χ3n) is 7.51. The molecule has 0 saturated heterocycles. The van der Waals surface area contributed by atoms with Crippen molar-refractivity contribution in [3.05, 3.63) is 137 Å². The standard InChI is InChI=1S/C36H31BrN2O5S/c1-21(2)44-35(41)32-22(3)38-36-39(33(32)28-18-25(37)15-17-29(28)42-4)34(40)31(45-36)19-27-26-13-9-8-12-24(26)14-16-30(27)43-20-23-10-6-5-7-11-23/h5-19,21,33H,20H2,1-4H3/b31-19-/t33-/m1/s1. The molecule has 228 valence electrons. The Labute approximate surface area is 272 Å². The number of carbonyl (C=O) groups is 1. The summed E-state index contributed by atoms with van der Waals surface area (Å²) in [4.78, 5) is 33.2. The molecule has 1 aliphatic rings. The monoisotopic (exact) mass is 682 g/mol. The molecule has 0 aliphatic carbocycles. The van der Waals surface area contributed by atoms with Crippen LogP contribution in [0.25, 0.3) is 16.8 Å². The fourth-order valence-corrected chi connectivity index (χ4v) is 6.90. The summed E-state index contributed by atoms with van der Waals surface area (Å²) in [5.74, 6) is 0.664. The van der Waals surface area contributed by atoms with Crippen LogP contribution in [0, 0.1) is 0 Å². The normalized spacial score (nSPS) is 14.8. The van der Waals surface area contributed by atoms with E-state index in [-0.39, 0.29) is 17.2 Å². The van der Waals surface area contributed by atoms with Gasteiger partial charge in [-0.05, 0) is 67.4 Å². The van der Waals surface area contributed by atoms with E-state index in [2.05, 4.69) is 15.9 Å². The molecule has 0 amide bonds. The van der Waals surface area contributed by atoms with Gasteiger partial charge in [0, 0.05) is 15.6 Å². The van der Waals surface area contributed by atoms with Gasteiger partial charge in [-0.1, -0.05) is 87.9 Å². The average Bonchev–Trinajstić information content (AvgIpc) is 3.33. The van der Waals surface area contributed by atoms with Crippen LogP contribution in [0.4, 0.5) is 0 Å². The Balaban J connectivity index is 1.56. The summed E-state index contributed by atoms with van der Waals surface area (Å²) in [5, 5.41) is 1.98. The second-order valence-corrected chi connectivity index (χ2v) is 12.8. The van der Waals surface area contributed by atoms with Gasteiger partial charge in [0.15, 0.2) is 4.80 Å². The minimum absolute atomic E-state index is 0.282. The number of hydrogen-bond acceptors (Lipinski definition) is 7. The van der Waals surface area contributed by atoms with E-state index >= 15 is 0 Å². The molecule has 0 unspecified atom stereocenters. The molecule has 1 aliphatic heterocycles. The summed E-state index contributed by atoms with van der Waals surface area (Å²) in [6.45, 7) is 5.73. The number of aromatic nitrogens is 1. The van der Waals surface area contributed by atoms with Crippen LogP contribution in [0.1, 0.15) is 43.5 Å². The predicted octanol–water partition coefficient (Wildman–Crippen LogP) is 6.69. The molecule has 4 aromatic carbocycles. The summed E-state index contributed by atoms with van der Waals surface area (Å²) in [7, 11) is 1.57. The molecule has 0 radical (unpaired) electrons. The number of carbonyl (C=O) groups excluding carboxylic acids is 1. The molecule has 2 heterocycles. The number of esters is 1. The molecule has 6 rings (SSSR count). The zero-order valence-corrected chi connectivity index (χ0v) is 27.6. The fraction of sp³-hybridized carbons (Fsp3) is 0.194. The van der Waals surface area contributed by atoms with E-state index in [1.807, 2.05) is 91.0 Å². The predicted molar refractivity (Wildman–Crippen MR) is 180 cm³/mol. The lowest BCUT2D eigenvalue weighted by Crippen LogP contribution is -2.40. The molecule has 7 nitrogen and oxygen atoms in total. The van der Waals surface area contributed by atoms with Crippen LogP contribution in [0.2, 0.25) is 0 Å². The smallest absolute Gasteiger partial charge is 0.338 e. The van der Waals surface area contributed by atoms with Gasteiger partial charge in [-0.3, -0.25) is 9.36 Å². The molecule has 0 N–H and O–H groups in total. The zero-order chi connectivity index (χ0) is 31.7. The van der Waals surface area contributed by atoms with E-state index in [4.69, 9.17) is 19.2 Å². The Morgan fingerprint density at radius 1 is 1.02 bits per heavy atom. The highest BCUT2D eigenvalue weighted by Crippen LogP contribution is 2.37. The van der Waals surface area contributed by atoms with Gasteiger partial charge in [0.05, 0.1) is 29.0 Å². The number of rotatable bonds is 8. The van der Waals surface area contributed by atoms with Crippen molar-refractivity contribution in [1.82, 2.24) is 4.57 Å². The zero-order valence-electron chi connectivity index (χ0n) is 25.2. The third-order valence-corrected chi connectivity index (χ3v) is 8.99.